The van der Waals surface area contributed by atoms with Crippen LogP contribution in [-0.2, 0) is 6.42 Å². The highest BCUT2D eigenvalue weighted by molar-refractivity contribution is 5.58. The topological polar surface area (TPSA) is 44.5 Å². The van der Waals surface area contributed by atoms with E-state index < -0.39 is 0 Å². The van der Waals surface area contributed by atoms with Crippen LogP contribution in [0.5, 0.6) is 11.7 Å². The van der Waals surface area contributed by atoms with Crippen LogP contribution in [0, 0.1) is 0 Å². The minimum Gasteiger partial charge on any atom is -0.493 e. The lowest BCUT2D eigenvalue weighted by atomic mass is 10.1. The molecule has 0 aliphatic carbocycles. The first-order valence-corrected chi connectivity index (χ1v) is 5.71. The van der Waals surface area contributed by atoms with Crippen molar-refractivity contribution in [1.82, 2.24) is 4.98 Å². The first kappa shape index (κ1) is 10.2. The monoisotopic (exact) mass is 231 g/mol. The second kappa shape index (κ2) is 4.13. The normalized spacial score (nSPS) is 13.2. The van der Waals surface area contributed by atoms with E-state index in [1.54, 1.807) is 6.20 Å². The summed E-state index contributed by atoms with van der Waals surface area (Å²) in [6.07, 6.45) is 2.55. The summed E-state index contributed by atoms with van der Waals surface area (Å²) in [7, 11) is 0. The number of aromatic nitrogens is 1. The van der Waals surface area contributed by atoms with Gasteiger partial charge in [0.25, 0.3) is 0 Å². The molecule has 0 radical (unpaired) electrons. The van der Waals surface area contributed by atoms with Crippen molar-refractivity contribution >= 4 is 0 Å². The molecule has 0 amide bonds. The molecule has 1 aromatic heterocycles. The molecule has 0 N–H and O–H groups in total. The molecule has 17 heavy (non-hydrogen) atoms. The fourth-order valence-corrected chi connectivity index (χ4v) is 1.92. The molecule has 4 nitrogen and oxygen atoms in total. The van der Waals surface area contributed by atoms with E-state index in [0.717, 1.165) is 24.3 Å². The van der Waals surface area contributed by atoms with Crippen LogP contribution in [0.2, 0.25) is 0 Å². The predicted octanol–water partition coefficient (Wildman–Crippen LogP) is 2.68. The third-order valence-corrected chi connectivity index (χ3v) is 2.71. The van der Waals surface area contributed by atoms with Gasteiger partial charge in [0, 0.05) is 12.0 Å². The molecule has 0 saturated carbocycles. The quantitative estimate of drug-likeness (QED) is 0.814. The Hall–Kier alpha value is -1.97. The van der Waals surface area contributed by atoms with Gasteiger partial charge in [0.05, 0.1) is 13.2 Å². The van der Waals surface area contributed by atoms with Gasteiger partial charge in [-0.1, -0.05) is 0 Å². The summed E-state index contributed by atoms with van der Waals surface area (Å²) < 4.78 is 16.2. The lowest BCUT2D eigenvalue weighted by Gasteiger charge is -2.00. The van der Waals surface area contributed by atoms with Crippen LogP contribution in [0.15, 0.2) is 28.8 Å². The average molecular weight is 231 g/mol. The Labute approximate surface area is 99.2 Å². The van der Waals surface area contributed by atoms with Crippen LogP contribution in [0.4, 0.5) is 0 Å². The highest BCUT2D eigenvalue weighted by atomic mass is 16.6. The van der Waals surface area contributed by atoms with E-state index in [0.29, 0.717) is 18.4 Å². The van der Waals surface area contributed by atoms with Crippen molar-refractivity contribution < 1.29 is 13.9 Å². The zero-order chi connectivity index (χ0) is 11.7. The molecule has 0 saturated heterocycles. The molecule has 4 heteroatoms. The highest BCUT2D eigenvalue weighted by Gasteiger charge is 2.14. The third kappa shape index (κ3) is 1.86. The van der Waals surface area contributed by atoms with E-state index in [2.05, 4.69) is 11.1 Å². The van der Waals surface area contributed by atoms with Crippen molar-refractivity contribution in [2.75, 3.05) is 13.2 Å². The maximum absolute atomic E-state index is 5.50. The van der Waals surface area contributed by atoms with Crippen molar-refractivity contribution in [2.45, 2.75) is 13.3 Å². The van der Waals surface area contributed by atoms with Crippen molar-refractivity contribution in [3.63, 3.8) is 0 Å². The average Bonchev–Trinajstić information content (AvgIpc) is 2.96. The number of hydrogen-bond acceptors (Lipinski definition) is 4. The van der Waals surface area contributed by atoms with Gasteiger partial charge in [-0.3, -0.25) is 0 Å². The number of oxazole rings is 1. The fraction of sp³-hybridized carbons (Fsp3) is 0.308. The van der Waals surface area contributed by atoms with Crippen LogP contribution in [-0.4, -0.2) is 18.2 Å². The first-order valence-electron chi connectivity index (χ1n) is 5.71. The summed E-state index contributed by atoms with van der Waals surface area (Å²) in [6.45, 7) is 3.25. The summed E-state index contributed by atoms with van der Waals surface area (Å²) in [6, 6.07) is 5.97. The van der Waals surface area contributed by atoms with Gasteiger partial charge in [0.15, 0.2) is 0 Å². The standard InChI is InChI=1S/C13H13NO3/c1-2-15-12-8-14-13(17-12)10-3-4-11-9(7-10)5-6-16-11/h3-4,7-8H,2,5-6H2,1H3. The number of benzene rings is 1. The maximum atomic E-state index is 5.50. The Morgan fingerprint density at radius 3 is 3.24 bits per heavy atom. The predicted molar refractivity (Wildman–Crippen MR) is 62.3 cm³/mol. The first-order chi connectivity index (χ1) is 8.36. The number of fused-ring (bicyclic) bond motifs is 1. The van der Waals surface area contributed by atoms with E-state index in [1.165, 1.54) is 5.56 Å². The van der Waals surface area contributed by atoms with Crippen molar-refractivity contribution in [3.8, 4) is 23.1 Å². The SMILES string of the molecule is CCOc1cnc(-c2ccc3c(c2)CCO3)o1. The van der Waals surface area contributed by atoms with Crippen LogP contribution in [0.1, 0.15) is 12.5 Å². The lowest BCUT2D eigenvalue weighted by Crippen LogP contribution is -1.88. The molecule has 1 aliphatic rings. The van der Waals surface area contributed by atoms with Crippen LogP contribution < -0.4 is 9.47 Å². The minimum atomic E-state index is 0.458. The smallest absolute Gasteiger partial charge is 0.305 e. The molecule has 0 unspecified atom stereocenters. The van der Waals surface area contributed by atoms with Crippen molar-refractivity contribution in [2.24, 2.45) is 0 Å². The molecule has 88 valence electrons. The fourth-order valence-electron chi connectivity index (χ4n) is 1.92. The summed E-state index contributed by atoms with van der Waals surface area (Å²) >= 11 is 0. The van der Waals surface area contributed by atoms with Crippen molar-refractivity contribution in [3.05, 3.63) is 30.0 Å². The Kier molecular flexibility index (Phi) is 2.48. The minimum absolute atomic E-state index is 0.458. The van der Waals surface area contributed by atoms with Gasteiger partial charge in [-0.2, -0.15) is 0 Å². The summed E-state index contributed by atoms with van der Waals surface area (Å²) in [4.78, 5) is 4.20. The van der Waals surface area contributed by atoms with E-state index in [4.69, 9.17) is 13.9 Å². The van der Waals surface area contributed by atoms with Gasteiger partial charge in [-0.25, -0.2) is 4.98 Å². The van der Waals surface area contributed by atoms with Gasteiger partial charge in [-0.15, -0.1) is 0 Å². The molecule has 0 bridgehead atoms. The van der Waals surface area contributed by atoms with Gasteiger partial charge < -0.3 is 13.9 Å². The zero-order valence-electron chi connectivity index (χ0n) is 9.60. The van der Waals surface area contributed by atoms with E-state index in [-0.39, 0.29) is 0 Å². The van der Waals surface area contributed by atoms with E-state index >= 15 is 0 Å². The van der Waals surface area contributed by atoms with Crippen LogP contribution in [0.3, 0.4) is 0 Å². The van der Waals surface area contributed by atoms with Gasteiger partial charge >= 0.3 is 5.95 Å². The summed E-state index contributed by atoms with van der Waals surface area (Å²) in [5, 5.41) is 0. The second-order valence-corrected chi connectivity index (χ2v) is 3.84. The van der Waals surface area contributed by atoms with Crippen molar-refractivity contribution in [1.29, 1.82) is 0 Å². The molecule has 1 aliphatic heterocycles. The molecule has 2 heterocycles. The number of hydrogen-bond donors (Lipinski definition) is 0. The Bertz CT molecular complexity index is 533. The molecular weight excluding hydrogens is 218 g/mol. The van der Waals surface area contributed by atoms with E-state index in [9.17, 15) is 0 Å². The van der Waals surface area contributed by atoms with E-state index in [1.807, 2.05) is 19.1 Å². The van der Waals surface area contributed by atoms with Crippen LogP contribution >= 0.6 is 0 Å². The third-order valence-electron chi connectivity index (χ3n) is 2.71. The van der Waals surface area contributed by atoms with Gasteiger partial charge in [0.2, 0.25) is 5.89 Å². The Balaban J connectivity index is 1.92. The number of nitrogens with zero attached hydrogens (tertiary/aromatic N) is 1. The molecule has 1 aromatic carbocycles. The lowest BCUT2D eigenvalue weighted by molar-refractivity contribution is 0.260. The molecule has 2 aromatic rings. The Morgan fingerprint density at radius 1 is 1.41 bits per heavy atom. The summed E-state index contributed by atoms with van der Waals surface area (Å²) in [5.74, 6) is 2.01. The second-order valence-electron chi connectivity index (χ2n) is 3.84. The highest BCUT2D eigenvalue weighted by Crippen LogP contribution is 2.31. The largest absolute Gasteiger partial charge is 0.493 e. The summed E-state index contributed by atoms with van der Waals surface area (Å²) in [5.41, 5.74) is 2.17. The maximum Gasteiger partial charge on any atom is 0.305 e. The van der Waals surface area contributed by atoms with Gasteiger partial charge in [-0.05, 0) is 30.7 Å². The number of ether oxygens (including phenoxy) is 2. The molecule has 0 atom stereocenters. The number of rotatable bonds is 3. The molecule has 3 rings (SSSR count). The van der Waals surface area contributed by atoms with Gasteiger partial charge in [0.1, 0.15) is 11.9 Å². The Morgan fingerprint density at radius 2 is 2.35 bits per heavy atom. The molecule has 0 spiro atoms. The van der Waals surface area contributed by atoms with Crippen LogP contribution in [0.25, 0.3) is 11.5 Å². The molecular formula is C13H13NO3. The zero-order valence-corrected chi connectivity index (χ0v) is 9.60. The molecule has 0 fully saturated rings.